The highest BCUT2D eigenvalue weighted by molar-refractivity contribution is 5.75. The molecule has 0 radical (unpaired) electrons. The molecule has 0 saturated heterocycles. The van der Waals surface area contributed by atoms with Gasteiger partial charge in [-0.15, -0.1) is 0 Å². The third-order valence-electron chi connectivity index (χ3n) is 6.57. The van der Waals surface area contributed by atoms with Gasteiger partial charge in [-0.1, -0.05) is 81.3 Å². The van der Waals surface area contributed by atoms with Crippen LogP contribution in [0, 0.1) is 5.92 Å². The van der Waals surface area contributed by atoms with E-state index in [1.807, 2.05) is 0 Å². The Morgan fingerprint density at radius 2 is 1.61 bits per heavy atom. The second-order valence-electron chi connectivity index (χ2n) is 7.96. The first-order valence-electron chi connectivity index (χ1n) is 8.84. The predicted octanol–water partition coefficient (Wildman–Crippen LogP) is 6.26. The summed E-state index contributed by atoms with van der Waals surface area (Å²) in [4.78, 5) is 0. The first-order chi connectivity index (χ1) is 10.9. The summed E-state index contributed by atoms with van der Waals surface area (Å²) in [7, 11) is 0. The number of fused-ring (bicyclic) bond motifs is 1. The summed E-state index contributed by atoms with van der Waals surface area (Å²) in [6, 6.07) is 15.7. The number of benzene rings is 2. The molecule has 118 valence electrons. The van der Waals surface area contributed by atoms with Crippen LogP contribution in [0.25, 0.3) is 11.1 Å². The topological polar surface area (TPSA) is 0 Å². The molecule has 0 amide bonds. The number of allylic oxidation sites excluding steroid dienone is 2. The summed E-state index contributed by atoms with van der Waals surface area (Å²) in [6.45, 7) is 12.0. The van der Waals surface area contributed by atoms with Crippen molar-refractivity contribution in [3.05, 3.63) is 70.3 Å². The van der Waals surface area contributed by atoms with E-state index in [0.717, 1.165) is 6.42 Å². The highest BCUT2D eigenvalue weighted by Gasteiger charge is 2.43. The minimum atomic E-state index is 0.148. The molecular weight excluding hydrogens is 276 g/mol. The van der Waals surface area contributed by atoms with Crippen LogP contribution in [0.5, 0.6) is 0 Å². The second-order valence-corrected chi connectivity index (χ2v) is 7.96. The first-order valence-corrected chi connectivity index (χ1v) is 8.84. The van der Waals surface area contributed by atoms with Gasteiger partial charge in [0.2, 0.25) is 0 Å². The second kappa shape index (κ2) is 4.84. The zero-order valence-electron chi connectivity index (χ0n) is 14.9. The molecule has 0 heterocycles. The monoisotopic (exact) mass is 302 g/mol. The van der Waals surface area contributed by atoms with Crippen molar-refractivity contribution in [2.75, 3.05) is 0 Å². The van der Waals surface area contributed by atoms with Crippen molar-refractivity contribution in [1.82, 2.24) is 0 Å². The SMILES string of the molecule is CC1=C2Cc3c(ccc(-c4ccccc4)c3C2(C)C)C(C)C1C. The Morgan fingerprint density at radius 1 is 0.913 bits per heavy atom. The molecule has 2 aliphatic carbocycles. The Balaban J connectivity index is 2.06. The number of hydrogen-bond acceptors (Lipinski definition) is 0. The third kappa shape index (κ3) is 1.90. The summed E-state index contributed by atoms with van der Waals surface area (Å²) < 4.78 is 0. The minimum Gasteiger partial charge on any atom is -0.0695 e. The van der Waals surface area contributed by atoms with Gasteiger partial charge in [0.05, 0.1) is 0 Å². The molecule has 0 fully saturated rings. The molecule has 2 bridgehead atoms. The van der Waals surface area contributed by atoms with E-state index in [9.17, 15) is 0 Å². The van der Waals surface area contributed by atoms with Gasteiger partial charge in [-0.05, 0) is 53.0 Å². The van der Waals surface area contributed by atoms with Gasteiger partial charge in [-0.2, -0.15) is 0 Å². The molecule has 2 aliphatic rings. The lowest BCUT2D eigenvalue weighted by molar-refractivity contribution is 0.532. The van der Waals surface area contributed by atoms with Gasteiger partial charge in [-0.25, -0.2) is 0 Å². The summed E-state index contributed by atoms with van der Waals surface area (Å²) in [6.07, 6.45) is 1.15. The van der Waals surface area contributed by atoms with E-state index in [1.54, 1.807) is 27.8 Å². The Hall–Kier alpha value is -1.82. The van der Waals surface area contributed by atoms with Crippen LogP contribution in [-0.4, -0.2) is 0 Å². The van der Waals surface area contributed by atoms with Gasteiger partial charge < -0.3 is 0 Å². The molecule has 2 atom stereocenters. The van der Waals surface area contributed by atoms with Gasteiger partial charge in [0.25, 0.3) is 0 Å². The molecule has 2 aromatic rings. The fourth-order valence-electron chi connectivity index (χ4n) is 4.95. The van der Waals surface area contributed by atoms with Crippen LogP contribution in [0.1, 0.15) is 57.2 Å². The smallest absolute Gasteiger partial charge is 0.0120 e. The summed E-state index contributed by atoms with van der Waals surface area (Å²) in [5.74, 6) is 1.25. The van der Waals surface area contributed by atoms with Crippen LogP contribution in [0.2, 0.25) is 0 Å². The lowest BCUT2D eigenvalue weighted by Crippen LogP contribution is -2.22. The Labute approximate surface area is 140 Å². The van der Waals surface area contributed by atoms with E-state index in [1.165, 1.54) is 11.1 Å². The van der Waals surface area contributed by atoms with E-state index in [-0.39, 0.29) is 5.41 Å². The van der Waals surface area contributed by atoms with Crippen molar-refractivity contribution >= 4 is 0 Å². The molecule has 4 rings (SSSR count). The van der Waals surface area contributed by atoms with E-state index in [0.29, 0.717) is 11.8 Å². The van der Waals surface area contributed by atoms with Crippen molar-refractivity contribution in [2.24, 2.45) is 5.92 Å². The van der Waals surface area contributed by atoms with Crippen molar-refractivity contribution < 1.29 is 0 Å². The summed E-state index contributed by atoms with van der Waals surface area (Å²) >= 11 is 0. The standard InChI is InChI=1S/C23H26/c1-14-15(2)18-11-12-19(17-9-7-6-8-10-17)22-20(18)13-21(16(14)3)23(22,4)5/h6-12,14-15H,13H2,1-5H3. The maximum absolute atomic E-state index is 2.43. The van der Waals surface area contributed by atoms with Gasteiger partial charge in [0.1, 0.15) is 0 Å². The summed E-state index contributed by atoms with van der Waals surface area (Å²) in [5.41, 5.74) is 11.0. The molecule has 0 aromatic heterocycles. The van der Waals surface area contributed by atoms with E-state index >= 15 is 0 Å². The highest BCUT2D eigenvalue weighted by Crippen LogP contribution is 2.54. The molecule has 0 spiro atoms. The molecule has 0 N–H and O–H groups in total. The van der Waals surface area contributed by atoms with Crippen molar-refractivity contribution in [3.63, 3.8) is 0 Å². The zero-order chi connectivity index (χ0) is 16.4. The van der Waals surface area contributed by atoms with Gasteiger partial charge in [-0.3, -0.25) is 0 Å². The minimum absolute atomic E-state index is 0.148. The van der Waals surface area contributed by atoms with Crippen LogP contribution < -0.4 is 0 Å². The molecule has 0 nitrogen and oxygen atoms in total. The lowest BCUT2D eigenvalue weighted by Gasteiger charge is -2.33. The van der Waals surface area contributed by atoms with Crippen LogP contribution in [0.3, 0.4) is 0 Å². The van der Waals surface area contributed by atoms with Crippen LogP contribution in [0.15, 0.2) is 53.6 Å². The van der Waals surface area contributed by atoms with Gasteiger partial charge >= 0.3 is 0 Å². The molecular formula is C23H26. The Morgan fingerprint density at radius 3 is 2.30 bits per heavy atom. The highest BCUT2D eigenvalue weighted by atomic mass is 14.5. The normalized spacial score (nSPS) is 24.7. The first kappa shape index (κ1) is 14.8. The van der Waals surface area contributed by atoms with Crippen LogP contribution >= 0.6 is 0 Å². The van der Waals surface area contributed by atoms with Gasteiger partial charge in [0.15, 0.2) is 0 Å². The maximum atomic E-state index is 2.43. The molecule has 2 aromatic carbocycles. The fraction of sp³-hybridized carbons (Fsp3) is 0.391. The number of hydrogen-bond donors (Lipinski definition) is 0. The lowest BCUT2D eigenvalue weighted by atomic mass is 9.71. The average molecular weight is 302 g/mol. The molecule has 0 heteroatoms. The molecule has 0 aliphatic heterocycles. The largest absolute Gasteiger partial charge is 0.0695 e. The molecule has 2 unspecified atom stereocenters. The molecule has 0 saturated carbocycles. The molecule has 23 heavy (non-hydrogen) atoms. The maximum Gasteiger partial charge on any atom is 0.0120 e. The average Bonchev–Trinajstić information content (AvgIpc) is 2.79. The fourth-order valence-corrected chi connectivity index (χ4v) is 4.95. The Kier molecular flexibility index (Phi) is 3.10. The summed E-state index contributed by atoms with van der Waals surface area (Å²) in [5, 5.41) is 0. The van der Waals surface area contributed by atoms with Crippen molar-refractivity contribution in [3.8, 4) is 11.1 Å². The Bertz CT molecular complexity index is 805. The number of rotatable bonds is 1. The van der Waals surface area contributed by atoms with E-state index < -0.39 is 0 Å². The zero-order valence-corrected chi connectivity index (χ0v) is 14.9. The third-order valence-corrected chi connectivity index (χ3v) is 6.57. The van der Waals surface area contributed by atoms with Crippen LogP contribution in [0.4, 0.5) is 0 Å². The quantitative estimate of drug-likeness (QED) is 0.546. The van der Waals surface area contributed by atoms with Gasteiger partial charge in [0, 0.05) is 5.41 Å². The predicted molar refractivity (Wildman–Crippen MR) is 98.9 cm³/mol. The van der Waals surface area contributed by atoms with Crippen molar-refractivity contribution in [1.29, 1.82) is 0 Å². The van der Waals surface area contributed by atoms with E-state index in [2.05, 4.69) is 77.1 Å². The van der Waals surface area contributed by atoms with Crippen LogP contribution in [-0.2, 0) is 11.8 Å². The van der Waals surface area contributed by atoms with E-state index in [4.69, 9.17) is 0 Å². The van der Waals surface area contributed by atoms with Crippen molar-refractivity contribution in [2.45, 2.75) is 52.4 Å².